The monoisotopic (exact) mass is 490 g/mol. The van der Waals surface area contributed by atoms with Crippen molar-refractivity contribution in [3.63, 3.8) is 0 Å². The highest BCUT2D eigenvalue weighted by Gasteiger charge is 2.57. The fourth-order valence-electron chi connectivity index (χ4n) is 4.26. The molecule has 2 unspecified atom stereocenters. The second-order valence-electron chi connectivity index (χ2n) is 12.2. The van der Waals surface area contributed by atoms with Crippen molar-refractivity contribution in [3.8, 4) is 0 Å². The fraction of sp³-hybridized carbons (Fsp3) is 0.692. The number of amides is 2. The normalized spacial score (nSPS) is 23.1. The molecule has 2 saturated heterocycles. The number of nitrogens with zero attached hydrogens (tertiary/aromatic N) is 2. The molecule has 1 aromatic carbocycles. The Morgan fingerprint density at radius 2 is 1.71 bits per heavy atom. The largest absolute Gasteiger partial charge is 0.445 e. The number of carbonyl (C=O) groups excluding carboxylic acids is 2. The minimum atomic E-state index is -2.00. The summed E-state index contributed by atoms with van der Waals surface area (Å²) < 4.78 is 17.9. The van der Waals surface area contributed by atoms with Crippen LogP contribution in [0, 0.1) is 0 Å². The Bertz CT molecular complexity index is 877. The van der Waals surface area contributed by atoms with Gasteiger partial charge in [0.05, 0.1) is 18.2 Å². The predicted octanol–water partition coefficient (Wildman–Crippen LogP) is 5.80. The van der Waals surface area contributed by atoms with E-state index in [2.05, 4.69) is 33.9 Å². The third-order valence-corrected chi connectivity index (χ3v) is 11.9. The maximum Gasteiger partial charge on any atom is 0.410 e. The first-order valence-corrected chi connectivity index (χ1v) is 15.2. The topological polar surface area (TPSA) is 68.3 Å². The highest BCUT2D eigenvalue weighted by atomic mass is 28.4. The van der Waals surface area contributed by atoms with E-state index >= 15 is 0 Å². The molecule has 1 aromatic rings. The van der Waals surface area contributed by atoms with Crippen molar-refractivity contribution in [3.05, 3.63) is 35.9 Å². The highest BCUT2D eigenvalue weighted by molar-refractivity contribution is 6.74. The fourth-order valence-corrected chi connectivity index (χ4v) is 5.31. The number of rotatable bonds is 5. The molecular weight excluding hydrogens is 448 g/mol. The van der Waals surface area contributed by atoms with Gasteiger partial charge in [-0.2, -0.15) is 0 Å². The van der Waals surface area contributed by atoms with Gasteiger partial charge in [0.2, 0.25) is 0 Å². The first-order chi connectivity index (χ1) is 15.6. The number of hydrogen-bond donors (Lipinski definition) is 0. The summed E-state index contributed by atoms with van der Waals surface area (Å²) in [5.41, 5.74) is -0.0425. The van der Waals surface area contributed by atoms with Crippen LogP contribution in [0.3, 0.4) is 0 Å². The minimum Gasteiger partial charge on any atom is -0.445 e. The minimum absolute atomic E-state index is 0.0704. The molecule has 0 saturated carbocycles. The molecule has 1 spiro atoms. The maximum absolute atomic E-state index is 13.2. The van der Waals surface area contributed by atoms with Gasteiger partial charge in [0.15, 0.2) is 8.32 Å². The number of carbonyl (C=O) groups is 2. The van der Waals surface area contributed by atoms with E-state index in [1.165, 1.54) is 0 Å². The van der Waals surface area contributed by atoms with E-state index in [-0.39, 0.29) is 29.9 Å². The van der Waals surface area contributed by atoms with Crippen LogP contribution in [0.2, 0.25) is 18.1 Å². The van der Waals surface area contributed by atoms with Gasteiger partial charge in [-0.15, -0.1) is 0 Å². The maximum atomic E-state index is 13.2. The lowest BCUT2D eigenvalue weighted by Crippen LogP contribution is -2.64. The average Bonchev–Trinajstić information content (AvgIpc) is 3.10. The van der Waals surface area contributed by atoms with Gasteiger partial charge in [0, 0.05) is 13.1 Å². The zero-order valence-corrected chi connectivity index (χ0v) is 23.1. The Kier molecular flexibility index (Phi) is 7.44. The SMILES string of the molecule is CC(C)(C)OC(=O)N1CCC12CC(CO[Si](C)(C)C(C)(C)C)N(C(=O)OCc1ccccc1)C2. The summed E-state index contributed by atoms with van der Waals surface area (Å²) in [6, 6.07) is 9.52. The van der Waals surface area contributed by atoms with Crippen LogP contribution in [0.5, 0.6) is 0 Å². The van der Waals surface area contributed by atoms with Crippen LogP contribution in [0.1, 0.15) is 59.9 Å². The molecule has 0 aromatic heterocycles. The number of hydrogen-bond acceptors (Lipinski definition) is 5. The number of likely N-dealkylation sites (tertiary alicyclic amines) is 2. The van der Waals surface area contributed by atoms with E-state index in [9.17, 15) is 9.59 Å². The first-order valence-electron chi connectivity index (χ1n) is 12.3. The smallest absolute Gasteiger partial charge is 0.410 e. The third kappa shape index (κ3) is 5.94. The van der Waals surface area contributed by atoms with Crippen molar-refractivity contribution in [1.29, 1.82) is 0 Å². The lowest BCUT2D eigenvalue weighted by molar-refractivity contribution is -0.0407. The lowest BCUT2D eigenvalue weighted by Gasteiger charge is -2.50. The van der Waals surface area contributed by atoms with E-state index in [1.807, 2.05) is 51.1 Å². The van der Waals surface area contributed by atoms with E-state index < -0.39 is 19.5 Å². The van der Waals surface area contributed by atoms with Gasteiger partial charge >= 0.3 is 12.2 Å². The van der Waals surface area contributed by atoms with Crippen molar-refractivity contribution < 1.29 is 23.5 Å². The van der Waals surface area contributed by atoms with E-state index in [0.29, 0.717) is 26.1 Å². The Morgan fingerprint density at radius 1 is 1.06 bits per heavy atom. The zero-order chi connectivity index (χ0) is 25.4. The summed E-state index contributed by atoms with van der Waals surface area (Å²) in [6.07, 6.45) is 0.829. The standard InChI is InChI=1S/C26H42N2O5Si/c1-24(2,3)33-23(30)28-15-14-26(28)16-21(18-32-34(7,8)25(4,5)6)27(19-26)22(29)31-17-20-12-10-9-11-13-20/h9-13,21H,14-19H2,1-8H3. The van der Waals surface area contributed by atoms with Crippen molar-refractivity contribution in [2.45, 2.75) is 96.3 Å². The van der Waals surface area contributed by atoms with Gasteiger partial charge in [-0.05, 0) is 57.3 Å². The molecule has 2 aliphatic heterocycles. The van der Waals surface area contributed by atoms with Crippen LogP contribution in [-0.4, -0.2) is 67.2 Å². The molecule has 2 amide bonds. The molecule has 7 nitrogen and oxygen atoms in total. The quantitative estimate of drug-likeness (QED) is 0.488. The van der Waals surface area contributed by atoms with Crippen LogP contribution >= 0.6 is 0 Å². The summed E-state index contributed by atoms with van der Waals surface area (Å²) in [5, 5.41) is 0.0704. The summed E-state index contributed by atoms with van der Waals surface area (Å²) in [4.78, 5) is 29.7. The van der Waals surface area contributed by atoms with Crippen LogP contribution in [-0.2, 0) is 20.5 Å². The Morgan fingerprint density at radius 3 is 2.24 bits per heavy atom. The molecule has 3 rings (SSSR count). The van der Waals surface area contributed by atoms with Gasteiger partial charge in [-0.3, -0.25) is 0 Å². The summed E-state index contributed by atoms with van der Waals surface area (Å²) in [6.45, 7) is 18.4. The second-order valence-corrected chi connectivity index (χ2v) is 17.0. The Hall–Kier alpha value is -2.06. The zero-order valence-electron chi connectivity index (χ0n) is 22.1. The first kappa shape index (κ1) is 26.5. The Labute approximate surface area is 205 Å². The van der Waals surface area contributed by atoms with Crippen LogP contribution in [0.25, 0.3) is 0 Å². The molecule has 190 valence electrons. The predicted molar refractivity (Wildman–Crippen MR) is 135 cm³/mol. The van der Waals surface area contributed by atoms with Gasteiger partial charge in [-0.25, -0.2) is 9.59 Å². The van der Waals surface area contributed by atoms with Crippen molar-refractivity contribution in [2.24, 2.45) is 0 Å². The van der Waals surface area contributed by atoms with Crippen LogP contribution in [0.15, 0.2) is 30.3 Å². The average molecular weight is 491 g/mol. The molecule has 34 heavy (non-hydrogen) atoms. The molecule has 2 aliphatic rings. The Balaban J connectivity index is 1.75. The number of benzene rings is 1. The molecule has 8 heteroatoms. The molecule has 0 radical (unpaired) electrons. The second kappa shape index (κ2) is 9.53. The summed E-state index contributed by atoms with van der Waals surface area (Å²) >= 11 is 0. The molecule has 0 aliphatic carbocycles. The van der Waals surface area contributed by atoms with Crippen molar-refractivity contribution in [2.75, 3.05) is 19.7 Å². The van der Waals surface area contributed by atoms with Crippen molar-refractivity contribution >= 4 is 20.5 Å². The molecule has 0 N–H and O–H groups in total. The van der Waals surface area contributed by atoms with Crippen molar-refractivity contribution in [1.82, 2.24) is 9.80 Å². The molecule has 2 heterocycles. The van der Waals surface area contributed by atoms with E-state index in [4.69, 9.17) is 13.9 Å². The van der Waals surface area contributed by atoms with Gasteiger partial charge < -0.3 is 23.7 Å². The molecular formula is C26H42N2O5Si. The summed E-state index contributed by atoms with van der Waals surface area (Å²) in [5.74, 6) is 0. The molecule has 2 atom stereocenters. The van der Waals surface area contributed by atoms with Crippen LogP contribution in [0.4, 0.5) is 9.59 Å². The lowest BCUT2D eigenvalue weighted by atomic mass is 9.83. The molecule has 0 bridgehead atoms. The van der Waals surface area contributed by atoms with Gasteiger partial charge in [-0.1, -0.05) is 51.1 Å². The van der Waals surface area contributed by atoms with Gasteiger partial charge in [0.1, 0.15) is 12.2 Å². The van der Waals surface area contributed by atoms with Crippen LogP contribution < -0.4 is 0 Å². The van der Waals surface area contributed by atoms with E-state index in [0.717, 1.165) is 12.0 Å². The van der Waals surface area contributed by atoms with E-state index in [1.54, 1.807) is 9.80 Å². The number of ether oxygens (including phenoxy) is 2. The van der Waals surface area contributed by atoms with Gasteiger partial charge in [0.25, 0.3) is 0 Å². The molecule has 2 fully saturated rings. The third-order valence-electron chi connectivity index (χ3n) is 7.39. The summed E-state index contributed by atoms with van der Waals surface area (Å²) in [7, 11) is -2.00. The highest BCUT2D eigenvalue weighted by Crippen LogP contribution is 2.44.